The summed E-state index contributed by atoms with van der Waals surface area (Å²) in [6, 6.07) is 0.789. The first kappa shape index (κ1) is 7.56. The van der Waals surface area contributed by atoms with Crippen molar-refractivity contribution < 1.29 is 0 Å². The summed E-state index contributed by atoms with van der Waals surface area (Å²) in [5.74, 6) is 0. The predicted molar refractivity (Wildman–Crippen MR) is 46.6 cm³/mol. The van der Waals surface area contributed by atoms with E-state index in [1.807, 2.05) is 0 Å². The molecule has 2 saturated heterocycles. The van der Waals surface area contributed by atoms with Gasteiger partial charge < -0.3 is 10.6 Å². The zero-order valence-corrected chi connectivity index (χ0v) is 7.32. The van der Waals surface area contributed by atoms with Crippen LogP contribution in [0.5, 0.6) is 0 Å². The van der Waals surface area contributed by atoms with Gasteiger partial charge in [-0.1, -0.05) is 6.92 Å². The fourth-order valence-electron chi connectivity index (χ4n) is 2.41. The van der Waals surface area contributed by atoms with E-state index >= 15 is 0 Å². The van der Waals surface area contributed by atoms with Crippen molar-refractivity contribution in [2.24, 2.45) is 5.41 Å². The first-order chi connectivity index (χ1) is 5.31. The Morgan fingerprint density at radius 1 is 1.36 bits per heavy atom. The largest absolute Gasteiger partial charge is 0.316 e. The molecule has 11 heavy (non-hydrogen) atoms. The van der Waals surface area contributed by atoms with Crippen molar-refractivity contribution in [1.82, 2.24) is 10.6 Å². The summed E-state index contributed by atoms with van der Waals surface area (Å²) in [5.41, 5.74) is 0.552. The van der Waals surface area contributed by atoms with Crippen LogP contribution in [0.1, 0.15) is 26.2 Å². The Labute approximate surface area is 68.7 Å². The van der Waals surface area contributed by atoms with Crippen LogP contribution in [0.2, 0.25) is 0 Å². The molecule has 0 bridgehead atoms. The number of hydrogen-bond donors (Lipinski definition) is 2. The SMILES string of the molecule is CC1(C2CCCN2)CCNC1. The molecule has 2 heteroatoms. The maximum atomic E-state index is 3.60. The molecule has 2 aliphatic rings. The fourth-order valence-corrected chi connectivity index (χ4v) is 2.41. The van der Waals surface area contributed by atoms with Crippen LogP contribution in [0.4, 0.5) is 0 Å². The van der Waals surface area contributed by atoms with Gasteiger partial charge in [-0.15, -0.1) is 0 Å². The van der Waals surface area contributed by atoms with Gasteiger partial charge in [0, 0.05) is 12.6 Å². The van der Waals surface area contributed by atoms with E-state index in [0.29, 0.717) is 5.41 Å². The lowest BCUT2D eigenvalue weighted by Gasteiger charge is -2.30. The van der Waals surface area contributed by atoms with Gasteiger partial charge >= 0.3 is 0 Å². The van der Waals surface area contributed by atoms with Gasteiger partial charge in [-0.3, -0.25) is 0 Å². The van der Waals surface area contributed by atoms with Crippen LogP contribution in [0.25, 0.3) is 0 Å². The maximum absolute atomic E-state index is 3.60. The van der Waals surface area contributed by atoms with Gasteiger partial charge in [0.15, 0.2) is 0 Å². The second kappa shape index (κ2) is 2.76. The third-order valence-electron chi connectivity index (χ3n) is 3.30. The fraction of sp³-hybridized carbons (Fsp3) is 1.00. The van der Waals surface area contributed by atoms with Crippen LogP contribution >= 0.6 is 0 Å². The Morgan fingerprint density at radius 2 is 2.27 bits per heavy atom. The molecule has 2 unspecified atom stereocenters. The second-order valence-electron chi connectivity index (χ2n) is 4.23. The van der Waals surface area contributed by atoms with Crippen LogP contribution in [-0.4, -0.2) is 25.7 Å². The molecular formula is C9H18N2. The molecule has 2 nitrogen and oxygen atoms in total. The molecule has 0 aromatic carbocycles. The summed E-state index contributed by atoms with van der Waals surface area (Å²) in [5, 5.41) is 7.05. The second-order valence-corrected chi connectivity index (χ2v) is 4.23. The normalized spacial score (nSPS) is 45.0. The Kier molecular flexibility index (Phi) is 1.90. The van der Waals surface area contributed by atoms with Crippen molar-refractivity contribution >= 4 is 0 Å². The van der Waals surface area contributed by atoms with Crippen molar-refractivity contribution in [3.63, 3.8) is 0 Å². The lowest BCUT2D eigenvalue weighted by molar-refractivity contribution is 0.262. The molecule has 0 spiro atoms. The molecule has 2 atom stereocenters. The van der Waals surface area contributed by atoms with E-state index in [4.69, 9.17) is 0 Å². The van der Waals surface area contributed by atoms with Gasteiger partial charge in [0.25, 0.3) is 0 Å². The van der Waals surface area contributed by atoms with E-state index in [1.165, 1.54) is 38.9 Å². The molecule has 2 N–H and O–H groups in total. The number of rotatable bonds is 1. The third kappa shape index (κ3) is 1.30. The number of hydrogen-bond acceptors (Lipinski definition) is 2. The summed E-state index contributed by atoms with van der Waals surface area (Å²) >= 11 is 0. The van der Waals surface area contributed by atoms with Crippen molar-refractivity contribution in [2.75, 3.05) is 19.6 Å². The van der Waals surface area contributed by atoms with E-state index in [-0.39, 0.29) is 0 Å². The Balaban J connectivity index is 2.00. The van der Waals surface area contributed by atoms with Gasteiger partial charge in [-0.25, -0.2) is 0 Å². The highest BCUT2D eigenvalue weighted by Gasteiger charge is 2.37. The van der Waals surface area contributed by atoms with Gasteiger partial charge in [0.1, 0.15) is 0 Å². The molecule has 64 valence electrons. The predicted octanol–water partition coefficient (Wildman–Crippen LogP) is 0.738. The van der Waals surface area contributed by atoms with E-state index in [2.05, 4.69) is 17.6 Å². The maximum Gasteiger partial charge on any atom is 0.0134 e. The Morgan fingerprint density at radius 3 is 2.82 bits per heavy atom. The standard InChI is InChI=1S/C9H18N2/c1-9(4-6-10-7-9)8-3-2-5-11-8/h8,10-11H,2-7H2,1H3. The summed E-state index contributed by atoms with van der Waals surface area (Å²) in [6.45, 7) is 6.08. The smallest absolute Gasteiger partial charge is 0.0134 e. The molecule has 0 aliphatic carbocycles. The van der Waals surface area contributed by atoms with Crippen LogP contribution in [0.3, 0.4) is 0 Å². The van der Waals surface area contributed by atoms with E-state index < -0.39 is 0 Å². The van der Waals surface area contributed by atoms with Crippen LogP contribution in [0.15, 0.2) is 0 Å². The minimum Gasteiger partial charge on any atom is -0.316 e. The molecule has 0 amide bonds. The summed E-state index contributed by atoms with van der Waals surface area (Å²) < 4.78 is 0. The molecular weight excluding hydrogens is 136 g/mol. The Bertz CT molecular complexity index is 132. The van der Waals surface area contributed by atoms with Gasteiger partial charge in [0.2, 0.25) is 0 Å². The summed E-state index contributed by atoms with van der Waals surface area (Å²) in [4.78, 5) is 0. The van der Waals surface area contributed by atoms with E-state index in [0.717, 1.165) is 6.04 Å². The van der Waals surface area contributed by atoms with Gasteiger partial charge in [-0.2, -0.15) is 0 Å². The topological polar surface area (TPSA) is 24.1 Å². The third-order valence-corrected chi connectivity index (χ3v) is 3.30. The number of nitrogens with one attached hydrogen (secondary N) is 2. The minimum atomic E-state index is 0.552. The highest BCUT2D eigenvalue weighted by Crippen LogP contribution is 2.32. The van der Waals surface area contributed by atoms with Crippen molar-refractivity contribution in [2.45, 2.75) is 32.2 Å². The highest BCUT2D eigenvalue weighted by atomic mass is 15.0. The first-order valence-electron chi connectivity index (χ1n) is 4.75. The van der Waals surface area contributed by atoms with Gasteiger partial charge in [-0.05, 0) is 37.8 Å². The van der Waals surface area contributed by atoms with Crippen molar-refractivity contribution in [1.29, 1.82) is 0 Å². The van der Waals surface area contributed by atoms with Crippen molar-refractivity contribution in [3.05, 3.63) is 0 Å². The average Bonchev–Trinajstić information content (AvgIpc) is 2.55. The summed E-state index contributed by atoms with van der Waals surface area (Å²) in [6.07, 6.45) is 4.11. The highest BCUT2D eigenvalue weighted by molar-refractivity contribution is 4.95. The molecule has 2 aliphatic heterocycles. The van der Waals surface area contributed by atoms with E-state index in [1.54, 1.807) is 0 Å². The summed E-state index contributed by atoms with van der Waals surface area (Å²) in [7, 11) is 0. The minimum absolute atomic E-state index is 0.552. The molecule has 0 radical (unpaired) electrons. The average molecular weight is 154 g/mol. The van der Waals surface area contributed by atoms with Crippen molar-refractivity contribution in [3.8, 4) is 0 Å². The lowest BCUT2D eigenvalue weighted by atomic mass is 9.81. The molecule has 0 saturated carbocycles. The lowest BCUT2D eigenvalue weighted by Crippen LogP contribution is -2.40. The molecule has 0 aromatic heterocycles. The molecule has 2 rings (SSSR count). The van der Waals surface area contributed by atoms with E-state index in [9.17, 15) is 0 Å². The van der Waals surface area contributed by atoms with Crippen LogP contribution in [-0.2, 0) is 0 Å². The zero-order chi connectivity index (χ0) is 7.73. The van der Waals surface area contributed by atoms with Gasteiger partial charge in [0.05, 0.1) is 0 Å². The molecule has 0 aromatic rings. The molecule has 2 fully saturated rings. The molecule has 2 heterocycles. The monoisotopic (exact) mass is 154 g/mol. The van der Waals surface area contributed by atoms with Crippen LogP contribution in [0, 0.1) is 5.41 Å². The van der Waals surface area contributed by atoms with Crippen LogP contribution < -0.4 is 10.6 Å². The quantitative estimate of drug-likeness (QED) is 0.582. The first-order valence-corrected chi connectivity index (χ1v) is 4.75. The zero-order valence-electron chi connectivity index (χ0n) is 7.32. The Hall–Kier alpha value is -0.0800.